The summed E-state index contributed by atoms with van der Waals surface area (Å²) in [7, 11) is 1.57. The molecule has 0 spiro atoms. The molecule has 1 N–H and O–H groups in total. The lowest BCUT2D eigenvalue weighted by Crippen LogP contribution is -2.04. The van der Waals surface area contributed by atoms with E-state index in [1.165, 1.54) is 0 Å². The second-order valence-electron chi connectivity index (χ2n) is 4.65. The van der Waals surface area contributed by atoms with Gasteiger partial charge in [0.2, 0.25) is 0 Å². The Balaban J connectivity index is 1.91. The topological polar surface area (TPSA) is 42.4 Å². The number of thiazole rings is 1. The van der Waals surface area contributed by atoms with Gasteiger partial charge in [0.05, 0.1) is 33.5 Å². The van der Waals surface area contributed by atoms with Crippen molar-refractivity contribution in [3.05, 3.63) is 58.1 Å². The minimum absolute atomic E-state index is 0.416. The largest absolute Gasteiger partial charge is 0.496 e. The van der Waals surface area contributed by atoms with Crippen LogP contribution in [0.2, 0.25) is 5.02 Å². The lowest BCUT2D eigenvalue weighted by Gasteiger charge is -2.15. The summed E-state index contributed by atoms with van der Waals surface area (Å²) in [6.07, 6.45) is -0.325. The van der Waals surface area contributed by atoms with Crippen LogP contribution in [0.1, 0.15) is 16.7 Å². The van der Waals surface area contributed by atoms with Crippen LogP contribution in [0, 0.1) is 0 Å². The smallest absolute Gasteiger partial charge is 0.126 e. The molecule has 0 fully saturated rings. The molecular formula is C16H14ClNO2S. The van der Waals surface area contributed by atoms with Gasteiger partial charge in [-0.1, -0.05) is 29.8 Å². The Morgan fingerprint density at radius 1 is 1.24 bits per heavy atom. The lowest BCUT2D eigenvalue weighted by molar-refractivity contribution is 0.174. The monoisotopic (exact) mass is 319 g/mol. The fourth-order valence-corrected chi connectivity index (χ4v) is 3.59. The van der Waals surface area contributed by atoms with Crippen molar-refractivity contribution in [1.82, 2.24) is 4.98 Å². The highest BCUT2D eigenvalue weighted by Crippen LogP contribution is 2.35. The van der Waals surface area contributed by atoms with Crippen molar-refractivity contribution in [3.8, 4) is 5.75 Å². The first-order valence-corrected chi connectivity index (χ1v) is 7.73. The molecular weight excluding hydrogens is 306 g/mol. The summed E-state index contributed by atoms with van der Waals surface area (Å²) < 4.78 is 6.40. The van der Waals surface area contributed by atoms with Crippen molar-refractivity contribution in [2.75, 3.05) is 7.11 Å². The highest BCUT2D eigenvalue weighted by atomic mass is 35.5. The van der Waals surface area contributed by atoms with Crippen LogP contribution < -0.4 is 4.74 Å². The lowest BCUT2D eigenvalue weighted by atomic mass is 10.1. The minimum atomic E-state index is -0.741. The molecule has 0 radical (unpaired) electrons. The van der Waals surface area contributed by atoms with Gasteiger partial charge in [-0.3, -0.25) is 0 Å². The molecule has 1 atom stereocenters. The van der Waals surface area contributed by atoms with Crippen molar-refractivity contribution in [2.24, 2.45) is 0 Å². The maximum Gasteiger partial charge on any atom is 0.126 e. The summed E-state index contributed by atoms with van der Waals surface area (Å²) in [6.45, 7) is 0. The van der Waals surface area contributed by atoms with Crippen LogP contribution in [-0.2, 0) is 6.42 Å². The van der Waals surface area contributed by atoms with Gasteiger partial charge in [-0.2, -0.15) is 0 Å². The average molecular weight is 320 g/mol. The summed E-state index contributed by atoms with van der Waals surface area (Å²) in [5.41, 5.74) is 1.57. The van der Waals surface area contributed by atoms with Gasteiger partial charge in [0, 0.05) is 12.0 Å². The summed E-state index contributed by atoms with van der Waals surface area (Å²) in [5.74, 6) is 0.594. The molecule has 3 aromatic rings. The number of hydrogen-bond acceptors (Lipinski definition) is 4. The van der Waals surface area contributed by atoms with Crippen LogP contribution in [-0.4, -0.2) is 17.2 Å². The molecule has 1 heterocycles. The number of aromatic nitrogens is 1. The van der Waals surface area contributed by atoms with Crippen LogP contribution in [0.25, 0.3) is 10.2 Å². The number of ether oxygens (including phenoxy) is 1. The predicted octanol–water partition coefficient (Wildman–Crippen LogP) is 4.23. The molecule has 21 heavy (non-hydrogen) atoms. The van der Waals surface area contributed by atoms with E-state index in [0.29, 0.717) is 22.8 Å². The number of fused-ring (bicyclic) bond motifs is 1. The van der Waals surface area contributed by atoms with E-state index in [4.69, 9.17) is 16.3 Å². The first-order valence-electron chi connectivity index (χ1n) is 6.54. The highest BCUT2D eigenvalue weighted by molar-refractivity contribution is 7.18. The third-order valence-corrected chi connectivity index (χ3v) is 4.66. The fourth-order valence-electron chi connectivity index (χ4n) is 2.29. The summed E-state index contributed by atoms with van der Waals surface area (Å²) in [4.78, 5) is 4.54. The SMILES string of the molecule is COc1cccc(Cl)c1C(O)Cc1nc2ccccc2s1. The van der Waals surface area contributed by atoms with Gasteiger partial charge in [-0.25, -0.2) is 4.98 Å². The molecule has 0 amide bonds. The van der Waals surface area contributed by atoms with E-state index in [1.54, 1.807) is 36.6 Å². The number of hydrogen-bond donors (Lipinski definition) is 1. The van der Waals surface area contributed by atoms with Gasteiger partial charge < -0.3 is 9.84 Å². The van der Waals surface area contributed by atoms with Crippen LogP contribution >= 0.6 is 22.9 Å². The zero-order valence-electron chi connectivity index (χ0n) is 11.4. The van der Waals surface area contributed by atoms with Gasteiger partial charge >= 0.3 is 0 Å². The first-order chi connectivity index (χ1) is 10.2. The Morgan fingerprint density at radius 3 is 2.81 bits per heavy atom. The number of aliphatic hydroxyl groups excluding tert-OH is 1. The van der Waals surface area contributed by atoms with E-state index < -0.39 is 6.10 Å². The highest BCUT2D eigenvalue weighted by Gasteiger charge is 2.19. The Bertz CT molecular complexity index is 739. The third kappa shape index (κ3) is 2.88. The summed E-state index contributed by atoms with van der Waals surface area (Å²) in [5, 5.41) is 11.9. The number of benzene rings is 2. The number of aliphatic hydroxyl groups is 1. The Morgan fingerprint density at radius 2 is 2.05 bits per heavy atom. The maximum absolute atomic E-state index is 10.5. The van der Waals surface area contributed by atoms with Crippen LogP contribution in [0.15, 0.2) is 42.5 Å². The minimum Gasteiger partial charge on any atom is -0.496 e. The third-order valence-electron chi connectivity index (χ3n) is 3.27. The molecule has 3 rings (SSSR count). The fraction of sp³-hybridized carbons (Fsp3) is 0.188. The molecule has 0 saturated heterocycles. The Kier molecular flexibility index (Phi) is 4.10. The molecule has 1 unspecified atom stereocenters. The van der Waals surface area contributed by atoms with E-state index in [2.05, 4.69) is 4.98 Å². The molecule has 0 aliphatic rings. The van der Waals surface area contributed by atoms with E-state index in [-0.39, 0.29) is 0 Å². The van der Waals surface area contributed by atoms with Crippen molar-refractivity contribution in [3.63, 3.8) is 0 Å². The van der Waals surface area contributed by atoms with Crippen LogP contribution in [0.4, 0.5) is 0 Å². The molecule has 2 aromatic carbocycles. The second kappa shape index (κ2) is 6.02. The second-order valence-corrected chi connectivity index (χ2v) is 6.17. The zero-order chi connectivity index (χ0) is 14.8. The van der Waals surface area contributed by atoms with Crippen LogP contribution in [0.3, 0.4) is 0 Å². The Hall–Kier alpha value is -1.62. The molecule has 1 aromatic heterocycles. The number of nitrogens with zero attached hydrogens (tertiary/aromatic N) is 1. The standard InChI is InChI=1S/C16H14ClNO2S/c1-20-13-7-4-5-10(17)16(13)12(19)9-15-18-11-6-2-3-8-14(11)21-15/h2-8,12,19H,9H2,1H3. The van der Waals surface area contributed by atoms with E-state index in [9.17, 15) is 5.11 Å². The van der Waals surface area contributed by atoms with Gasteiger partial charge in [0.15, 0.2) is 0 Å². The number of para-hydroxylation sites is 1. The van der Waals surface area contributed by atoms with Crippen LogP contribution in [0.5, 0.6) is 5.75 Å². The molecule has 0 saturated carbocycles. The van der Waals surface area contributed by atoms with E-state index in [0.717, 1.165) is 15.2 Å². The van der Waals surface area contributed by atoms with Gasteiger partial charge in [-0.05, 0) is 24.3 Å². The molecule has 108 valence electrons. The number of methoxy groups -OCH3 is 1. The van der Waals surface area contributed by atoms with Gasteiger partial charge in [0.1, 0.15) is 5.75 Å². The summed E-state index contributed by atoms with van der Waals surface area (Å²) in [6, 6.07) is 13.3. The molecule has 0 aliphatic carbocycles. The van der Waals surface area contributed by atoms with E-state index >= 15 is 0 Å². The van der Waals surface area contributed by atoms with Gasteiger partial charge in [0.25, 0.3) is 0 Å². The quantitative estimate of drug-likeness (QED) is 0.782. The Labute approximate surface area is 131 Å². The maximum atomic E-state index is 10.5. The first kappa shape index (κ1) is 14.3. The van der Waals surface area contributed by atoms with Crippen molar-refractivity contribution < 1.29 is 9.84 Å². The number of halogens is 1. The average Bonchev–Trinajstić information content (AvgIpc) is 2.88. The molecule has 0 bridgehead atoms. The van der Waals surface area contributed by atoms with Crippen molar-refractivity contribution >= 4 is 33.2 Å². The zero-order valence-corrected chi connectivity index (χ0v) is 13.0. The molecule has 5 heteroatoms. The van der Waals surface area contributed by atoms with E-state index in [1.807, 2.05) is 24.3 Å². The molecule has 0 aliphatic heterocycles. The molecule has 3 nitrogen and oxygen atoms in total. The predicted molar refractivity (Wildman–Crippen MR) is 86.3 cm³/mol. The van der Waals surface area contributed by atoms with Crippen molar-refractivity contribution in [1.29, 1.82) is 0 Å². The van der Waals surface area contributed by atoms with Gasteiger partial charge in [-0.15, -0.1) is 11.3 Å². The van der Waals surface area contributed by atoms with Crippen molar-refractivity contribution in [2.45, 2.75) is 12.5 Å². The summed E-state index contributed by atoms with van der Waals surface area (Å²) >= 11 is 7.78. The number of rotatable bonds is 4. The normalized spacial score (nSPS) is 12.5.